The Morgan fingerprint density at radius 2 is 1.75 bits per heavy atom. The molecule has 1 aromatic carbocycles. The lowest BCUT2D eigenvalue weighted by atomic mass is 10.1. The van der Waals surface area contributed by atoms with Gasteiger partial charge in [0.2, 0.25) is 0 Å². The predicted octanol–water partition coefficient (Wildman–Crippen LogP) is 3.65. The zero-order chi connectivity index (χ0) is 14.0. The van der Waals surface area contributed by atoms with Gasteiger partial charge in [-0.05, 0) is 18.9 Å². The van der Waals surface area contributed by atoms with Gasteiger partial charge in [0.15, 0.2) is 0 Å². The SMILES string of the molecule is NCc1ccccc1OCCCOC1CCCCCC1. The largest absolute Gasteiger partial charge is 0.493 e. The number of hydrogen-bond donors (Lipinski definition) is 1. The zero-order valence-corrected chi connectivity index (χ0v) is 12.4. The van der Waals surface area contributed by atoms with Gasteiger partial charge in [0, 0.05) is 18.5 Å². The summed E-state index contributed by atoms with van der Waals surface area (Å²) in [5.41, 5.74) is 6.76. The third kappa shape index (κ3) is 5.14. The number of rotatable bonds is 7. The van der Waals surface area contributed by atoms with Crippen molar-refractivity contribution in [2.24, 2.45) is 5.73 Å². The first-order valence-electron chi connectivity index (χ1n) is 7.92. The Balaban J connectivity index is 1.61. The molecule has 1 saturated carbocycles. The summed E-state index contributed by atoms with van der Waals surface area (Å²) in [5, 5.41) is 0. The highest BCUT2D eigenvalue weighted by molar-refractivity contribution is 5.32. The van der Waals surface area contributed by atoms with E-state index in [1.807, 2.05) is 24.3 Å². The fraction of sp³-hybridized carbons (Fsp3) is 0.647. The summed E-state index contributed by atoms with van der Waals surface area (Å²) in [6, 6.07) is 7.96. The lowest BCUT2D eigenvalue weighted by molar-refractivity contribution is 0.0364. The van der Waals surface area contributed by atoms with Gasteiger partial charge >= 0.3 is 0 Å². The van der Waals surface area contributed by atoms with Crippen LogP contribution in [-0.2, 0) is 11.3 Å². The average molecular weight is 277 g/mol. The van der Waals surface area contributed by atoms with Gasteiger partial charge in [0.05, 0.1) is 19.3 Å². The maximum atomic E-state index is 5.95. The molecule has 0 heterocycles. The number of hydrogen-bond acceptors (Lipinski definition) is 3. The maximum absolute atomic E-state index is 5.95. The third-order valence-corrected chi connectivity index (χ3v) is 3.89. The summed E-state index contributed by atoms with van der Waals surface area (Å²) in [6.45, 7) is 2.02. The Morgan fingerprint density at radius 3 is 2.50 bits per heavy atom. The number of para-hydroxylation sites is 1. The molecule has 0 atom stereocenters. The third-order valence-electron chi connectivity index (χ3n) is 3.89. The van der Waals surface area contributed by atoms with Gasteiger partial charge in [0.1, 0.15) is 5.75 Å². The van der Waals surface area contributed by atoms with Crippen molar-refractivity contribution < 1.29 is 9.47 Å². The van der Waals surface area contributed by atoms with Crippen molar-refractivity contribution in [1.82, 2.24) is 0 Å². The highest BCUT2D eigenvalue weighted by Crippen LogP contribution is 2.20. The van der Waals surface area contributed by atoms with E-state index in [0.29, 0.717) is 19.3 Å². The lowest BCUT2D eigenvalue weighted by Gasteiger charge is -2.15. The van der Waals surface area contributed by atoms with Crippen LogP contribution in [0.1, 0.15) is 50.5 Å². The normalized spacial score (nSPS) is 16.9. The Hall–Kier alpha value is -1.06. The van der Waals surface area contributed by atoms with Gasteiger partial charge < -0.3 is 15.2 Å². The van der Waals surface area contributed by atoms with Gasteiger partial charge in [0.25, 0.3) is 0 Å². The predicted molar refractivity (Wildman–Crippen MR) is 81.9 cm³/mol. The van der Waals surface area contributed by atoms with Crippen LogP contribution in [0.4, 0.5) is 0 Å². The monoisotopic (exact) mass is 277 g/mol. The van der Waals surface area contributed by atoms with Crippen molar-refractivity contribution >= 4 is 0 Å². The standard InChI is InChI=1S/C17H27NO2/c18-14-15-8-5-6-11-17(15)20-13-7-12-19-16-9-3-1-2-4-10-16/h5-6,8,11,16H,1-4,7,9-10,12-14,18H2. The van der Waals surface area contributed by atoms with Crippen LogP contribution >= 0.6 is 0 Å². The Morgan fingerprint density at radius 1 is 1.00 bits per heavy atom. The molecule has 3 heteroatoms. The first-order chi connectivity index (χ1) is 9.90. The van der Waals surface area contributed by atoms with E-state index in [-0.39, 0.29) is 0 Å². The second-order valence-electron chi connectivity index (χ2n) is 5.50. The number of nitrogens with two attached hydrogens (primary N) is 1. The molecule has 0 amide bonds. The van der Waals surface area contributed by atoms with Gasteiger partial charge in [-0.2, -0.15) is 0 Å². The van der Waals surface area contributed by atoms with Crippen molar-refractivity contribution in [2.45, 2.75) is 57.6 Å². The molecule has 2 rings (SSSR count). The molecule has 20 heavy (non-hydrogen) atoms. The Kier molecular flexibility index (Phi) is 6.89. The minimum atomic E-state index is 0.480. The van der Waals surface area contributed by atoms with Gasteiger partial charge in [-0.3, -0.25) is 0 Å². The molecule has 0 saturated heterocycles. The summed E-state index contributed by atoms with van der Waals surface area (Å²) >= 11 is 0. The van der Waals surface area contributed by atoms with Crippen LogP contribution in [0.3, 0.4) is 0 Å². The Labute approximate surface area is 122 Å². The first-order valence-corrected chi connectivity index (χ1v) is 7.92. The van der Waals surface area contributed by atoms with Crippen LogP contribution in [0.15, 0.2) is 24.3 Å². The summed E-state index contributed by atoms with van der Waals surface area (Å²) in [4.78, 5) is 0. The minimum absolute atomic E-state index is 0.480. The van der Waals surface area contributed by atoms with E-state index in [4.69, 9.17) is 15.2 Å². The van der Waals surface area contributed by atoms with Crippen molar-refractivity contribution in [3.63, 3.8) is 0 Å². The Bertz CT molecular complexity index is 373. The van der Waals surface area contributed by atoms with Crippen LogP contribution in [-0.4, -0.2) is 19.3 Å². The fourth-order valence-corrected chi connectivity index (χ4v) is 2.71. The molecule has 0 radical (unpaired) electrons. The fourth-order valence-electron chi connectivity index (χ4n) is 2.71. The summed E-state index contributed by atoms with van der Waals surface area (Å²) in [5.74, 6) is 0.907. The van der Waals surface area contributed by atoms with E-state index in [2.05, 4.69) is 0 Å². The van der Waals surface area contributed by atoms with Crippen molar-refractivity contribution in [3.05, 3.63) is 29.8 Å². The zero-order valence-electron chi connectivity index (χ0n) is 12.4. The molecular weight excluding hydrogens is 250 g/mol. The second-order valence-corrected chi connectivity index (χ2v) is 5.50. The van der Waals surface area contributed by atoms with Crippen LogP contribution in [0.25, 0.3) is 0 Å². The molecule has 0 aliphatic heterocycles. The highest BCUT2D eigenvalue weighted by atomic mass is 16.5. The minimum Gasteiger partial charge on any atom is -0.493 e. The van der Waals surface area contributed by atoms with Crippen molar-refractivity contribution in [3.8, 4) is 5.75 Å². The van der Waals surface area contributed by atoms with Crippen LogP contribution in [0, 0.1) is 0 Å². The van der Waals surface area contributed by atoms with Crippen LogP contribution in [0.2, 0.25) is 0 Å². The first kappa shape index (κ1) is 15.3. The summed E-state index contributed by atoms with van der Waals surface area (Å²) in [7, 11) is 0. The second kappa shape index (κ2) is 8.98. The quantitative estimate of drug-likeness (QED) is 0.611. The van der Waals surface area contributed by atoms with Crippen molar-refractivity contribution in [1.29, 1.82) is 0 Å². The van der Waals surface area contributed by atoms with E-state index in [0.717, 1.165) is 24.3 Å². The van der Waals surface area contributed by atoms with Gasteiger partial charge in [-0.25, -0.2) is 0 Å². The topological polar surface area (TPSA) is 44.5 Å². The van der Waals surface area contributed by atoms with E-state index >= 15 is 0 Å². The molecule has 112 valence electrons. The van der Waals surface area contributed by atoms with Crippen LogP contribution < -0.4 is 10.5 Å². The molecule has 1 fully saturated rings. The molecule has 2 N–H and O–H groups in total. The molecule has 0 aromatic heterocycles. The van der Waals surface area contributed by atoms with Crippen molar-refractivity contribution in [2.75, 3.05) is 13.2 Å². The van der Waals surface area contributed by atoms with E-state index in [1.165, 1.54) is 38.5 Å². The molecule has 1 aliphatic carbocycles. The molecule has 0 bridgehead atoms. The molecule has 0 unspecified atom stereocenters. The summed E-state index contributed by atoms with van der Waals surface area (Å²) in [6.07, 6.45) is 9.28. The molecule has 3 nitrogen and oxygen atoms in total. The number of ether oxygens (including phenoxy) is 2. The number of benzene rings is 1. The van der Waals surface area contributed by atoms with Gasteiger partial charge in [-0.15, -0.1) is 0 Å². The van der Waals surface area contributed by atoms with E-state index in [1.54, 1.807) is 0 Å². The van der Waals surface area contributed by atoms with E-state index < -0.39 is 0 Å². The smallest absolute Gasteiger partial charge is 0.123 e. The van der Waals surface area contributed by atoms with E-state index in [9.17, 15) is 0 Å². The molecule has 0 spiro atoms. The lowest BCUT2D eigenvalue weighted by Crippen LogP contribution is -2.14. The molecule has 1 aromatic rings. The summed E-state index contributed by atoms with van der Waals surface area (Å²) < 4.78 is 11.7. The maximum Gasteiger partial charge on any atom is 0.123 e. The average Bonchev–Trinajstić information content (AvgIpc) is 2.76. The molecular formula is C17H27NO2. The van der Waals surface area contributed by atoms with Crippen LogP contribution in [0.5, 0.6) is 5.75 Å². The molecule has 1 aliphatic rings. The van der Waals surface area contributed by atoms with Gasteiger partial charge in [-0.1, -0.05) is 43.9 Å². The highest BCUT2D eigenvalue weighted by Gasteiger charge is 2.12.